The summed E-state index contributed by atoms with van der Waals surface area (Å²) in [6.45, 7) is 5.60. The number of piperidine rings is 1. The maximum absolute atomic E-state index is 7.66. The van der Waals surface area contributed by atoms with Gasteiger partial charge in [0.15, 0.2) is 0 Å². The molecule has 2 rings (SSSR count). The number of likely N-dealkylation sites (tertiary alicyclic amines) is 1. The predicted octanol–water partition coefficient (Wildman–Crippen LogP) is 2.11. The van der Waals surface area contributed by atoms with Crippen LogP contribution in [0, 0.1) is 10.8 Å². The van der Waals surface area contributed by atoms with E-state index in [-0.39, 0.29) is 5.41 Å². The van der Waals surface area contributed by atoms with Crippen molar-refractivity contribution in [3.05, 3.63) is 24.3 Å². The van der Waals surface area contributed by atoms with E-state index in [2.05, 4.69) is 11.8 Å². The summed E-state index contributed by atoms with van der Waals surface area (Å²) in [6, 6.07) is 7.63. The van der Waals surface area contributed by atoms with Gasteiger partial charge in [0.1, 0.15) is 18.1 Å². The van der Waals surface area contributed by atoms with E-state index in [1.54, 1.807) is 7.11 Å². The zero-order valence-corrected chi connectivity index (χ0v) is 12.9. The molecular formula is C16H25N3O2. The minimum atomic E-state index is -0.118. The normalized spacial score (nSPS) is 18.2. The molecule has 1 saturated heterocycles. The summed E-state index contributed by atoms with van der Waals surface area (Å²) in [5.74, 6) is 2.01. The van der Waals surface area contributed by atoms with Crippen LogP contribution in [0.5, 0.6) is 11.5 Å². The lowest BCUT2D eigenvalue weighted by Gasteiger charge is -2.38. The maximum atomic E-state index is 7.66. The molecule has 0 atom stereocenters. The molecule has 0 unspecified atom stereocenters. The lowest BCUT2D eigenvalue weighted by Crippen LogP contribution is -2.46. The monoisotopic (exact) mass is 291 g/mol. The minimum absolute atomic E-state index is 0.118. The van der Waals surface area contributed by atoms with Gasteiger partial charge in [-0.05, 0) is 50.2 Å². The fourth-order valence-electron chi connectivity index (χ4n) is 2.50. The fourth-order valence-corrected chi connectivity index (χ4v) is 2.50. The summed E-state index contributed by atoms with van der Waals surface area (Å²) in [7, 11) is 1.65. The molecule has 0 radical (unpaired) electrons. The molecule has 1 fully saturated rings. The van der Waals surface area contributed by atoms with E-state index >= 15 is 0 Å². The molecule has 1 aliphatic rings. The molecular weight excluding hydrogens is 266 g/mol. The van der Waals surface area contributed by atoms with Crippen LogP contribution >= 0.6 is 0 Å². The first-order valence-electron chi connectivity index (χ1n) is 7.37. The van der Waals surface area contributed by atoms with Crippen LogP contribution in [0.1, 0.15) is 19.8 Å². The molecule has 0 amide bonds. The number of ether oxygens (including phenoxy) is 2. The number of amidine groups is 1. The van der Waals surface area contributed by atoms with Gasteiger partial charge >= 0.3 is 0 Å². The molecule has 1 heterocycles. The van der Waals surface area contributed by atoms with E-state index in [1.165, 1.54) is 0 Å². The highest BCUT2D eigenvalue weighted by molar-refractivity contribution is 5.83. The second kappa shape index (κ2) is 6.80. The van der Waals surface area contributed by atoms with E-state index in [0.717, 1.165) is 44.0 Å². The van der Waals surface area contributed by atoms with Crippen molar-refractivity contribution < 1.29 is 9.47 Å². The molecule has 0 aromatic heterocycles. The lowest BCUT2D eigenvalue weighted by atomic mass is 9.79. The Morgan fingerprint density at radius 1 is 1.24 bits per heavy atom. The van der Waals surface area contributed by atoms with Gasteiger partial charge in [-0.25, -0.2) is 0 Å². The molecule has 0 spiro atoms. The zero-order chi connectivity index (χ0) is 15.3. The number of nitrogens with two attached hydrogens (primary N) is 1. The fraction of sp³-hybridized carbons (Fsp3) is 0.562. The number of nitrogens with zero attached hydrogens (tertiary/aromatic N) is 1. The smallest absolute Gasteiger partial charge is 0.119 e. The van der Waals surface area contributed by atoms with Gasteiger partial charge in [-0.2, -0.15) is 0 Å². The van der Waals surface area contributed by atoms with Crippen LogP contribution in [-0.4, -0.2) is 44.1 Å². The average molecular weight is 291 g/mol. The van der Waals surface area contributed by atoms with Gasteiger partial charge in [0.05, 0.1) is 12.9 Å². The SMILES string of the molecule is COc1ccc(OCCN2CCC(C)(C(=N)N)CC2)cc1. The molecule has 0 aliphatic carbocycles. The van der Waals surface area contributed by atoms with E-state index in [4.69, 9.17) is 20.6 Å². The Balaban J connectivity index is 1.71. The number of methoxy groups -OCH3 is 1. The highest BCUT2D eigenvalue weighted by Gasteiger charge is 2.32. The first-order valence-corrected chi connectivity index (χ1v) is 7.37. The quantitative estimate of drug-likeness (QED) is 0.622. The van der Waals surface area contributed by atoms with Crippen molar-refractivity contribution in [2.45, 2.75) is 19.8 Å². The first-order chi connectivity index (χ1) is 10.0. The number of rotatable bonds is 6. The molecule has 3 N–H and O–H groups in total. The average Bonchev–Trinajstić information content (AvgIpc) is 2.50. The maximum Gasteiger partial charge on any atom is 0.119 e. The Hall–Kier alpha value is -1.75. The third-order valence-corrected chi connectivity index (χ3v) is 4.35. The van der Waals surface area contributed by atoms with Gasteiger partial charge in [0, 0.05) is 12.0 Å². The molecule has 1 aromatic rings. The lowest BCUT2D eigenvalue weighted by molar-refractivity contribution is 0.139. The Morgan fingerprint density at radius 2 is 1.81 bits per heavy atom. The number of benzene rings is 1. The van der Waals surface area contributed by atoms with Crippen LogP contribution in [0.3, 0.4) is 0 Å². The van der Waals surface area contributed by atoms with Gasteiger partial charge in [-0.1, -0.05) is 6.92 Å². The van der Waals surface area contributed by atoms with Crippen molar-refractivity contribution in [2.24, 2.45) is 11.1 Å². The van der Waals surface area contributed by atoms with Crippen molar-refractivity contribution >= 4 is 5.84 Å². The molecule has 21 heavy (non-hydrogen) atoms. The van der Waals surface area contributed by atoms with Crippen LogP contribution < -0.4 is 15.2 Å². The summed E-state index contributed by atoms with van der Waals surface area (Å²) >= 11 is 0. The van der Waals surface area contributed by atoms with Gasteiger partial charge < -0.3 is 15.2 Å². The van der Waals surface area contributed by atoms with E-state index < -0.39 is 0 Å². The highest BCUT2D eigenvalue weighted by Crippen LogP contribution is 2.30. The van der Waals surface area contributed by atoms with Gasteiger partial charge in [0.2, 0.25) is 0 Å². The first kappa shape index (κ1) is 15.6. The van der Waals surface area contributed by atoms with Crippen LogP contribution in [0.15, 0.2) is 24.3 Å². The molecule has 5 heteroatoms. The van der Waals surface area contributed by atoms with Gasteiger partial charge in [0.25, 0.3) is 0 Å². The molecule has 0 bridgehead atoms. The van der Waals surface area contributed by atoms with Crippen molar-refractivity contribution in [1.82, 2.24) is 4.90 Å². The summed E-state index contributed by atoms with van der Waals surface area (Å²) in [4.78, 5) is 2.37. The Bertz CT molecular complexity index is 465. The second-order valence-corrected chi connectivity index (χ2v) is 5.84. The number of hydrogen-bond donors (Lipinski definition) is 2. The van der Waals surface area contributed by atoms with Crippen LogP contribution in [0.2, 0.25) is 0 Å². The second-order valence-electron chi connectivity index (χ2n) is 5.84. The molecule has 1 aromatic carbocycles. The summed E-state index contributed by atoms with van der Waals surface area (Å²) in [5.41, 5.74) is 5.56. The van der Waals surface area contributed by atoms with Crippen molar-refractivity contribution in [3.63, 3.8) is 0 Å². The molecule has 5 nitrogen and oxygen atoms in total. The standard InChI is InChI=1S/C16H25N3O2/c1-16(15(17)18)7-9-19(10-8-16)11-12-21-14-5-3-13(20-2)4-6-14/h3-6H,7-12H2,1-2H3,(H3,17,18). The zero-order valence-electron chi connectivity index (χ0n) is 12.9. The van der Waals surface area contributed by atoms with Crippen LogP contribution in [0.4, 0.5) is 0 Å². The highest BCUT2D eigenvalue weighted by atomic mass is 16.5. The largest absolute Gasteiger partial charge is 0.497 e. The minimum Gasteiger partial charge on any atom is -0.497 e. The third-order valence-electron chi connectivity index (χ3n) is 4.35. The van der Waals surface area contributed by atoms with Crippen LogP contribution in [0.25, 0.3) is 0 Å². The molecule has 0 saturated carbocycles. The van der Waals surface area contributed by atoms with E-state index in [0.29, 0.717) is 12.4 Å². The van der Waals surface area contributed by atoms with Crippen LogP contribution in [-0.2, 0) is 0 Å². The Morgan fingerprint density at radius 3 is 2.33 bits per heavy atom. The van der Waals surface area contributed by atoms with E-state index in [1.807, 2.05) is 24.3 Å². The van der Waals surface area contributed by atoms with Crippen molar-refractivity contribution in [3.8, 4) is 11.5 Å². The van der Waals surface area contributed by atoms with Crippen molar-refractivity contribution in [1.29, 1.82) is 5.41 Å². The van der Waals surface area contributed by atoms with E-state index in [9.17, 15) is 0 Å². The topological polar surface area (TPSA) is 71.6 Å². The summed E-state index contributed by atoms with van der Waals surface area (Å²) in [6.07, 6.45) is 1.90. The predicted molar refractivity (Wildman–Crippen MR) is 84.2 cm³/mol. The van der Waals surface area contributed by atoms with Gasteiger partial charge in [-0.3, -0.25) is 10.3 Å². The van der Waals surface area contributed by atoms with Crippen molar-refractivity contribution in [2.75, 3.05) is 33.4 Å². The summed E-state index contributed by atoms with van der Waals surface area (Å²) < 4.78 is 10.9. The Kier molecular flexibility index (Phi) is 5.07. The number of nitrogens with one attached hydrogen (secondary N) is 1. The third kappa shape index (κ3) is 4.11. The molecule has 116 valence electrons. The van der Waals surface area contributed by atoms with Gasteiger partial charge in [-0.15, -0.1) is 0 Å². The Labute approximate surface area is 126 Å². The summed E-state index contributed by atoms with van der Waals surface area (Å²) in [5, 5.41) is 7.66. The number of hydrogen-bond acceptors (Lipinski definition) is 4. The molecule has 1 aliphatic heterocycles.